The number of benzene rings is 2. The van der Waals surface area contributed by atoms with E-state index in [-0.39, 0.29) is 23.8 Å². The van der Waals surface area contributed by atoms with Gasteiger partial charge in [-0.05, 0) is 44.0 Å². The molecule has 5 heteroatoms. The van der Waals surface area contributed by atoms with Gasteiger partial charge < -0.3 is 14.4 Å². The molecule has 2 aromatic carbocycles. The number of halogens is 1. The van der Waals surface area contributed by atoms with Crippen LogP contribution >= 0.6 is 0 Å². The van der Waals surface area contributed by atoms with Crippen LogP contribution in [0.3, 0.4) is 0 Å². The molecule has 2 aromatic rings. The lowest BCUT2D eigenvalue weighted by Gasteiger charge is -2.30. The van der Waals surface area contributed by atoms with Crippen LogP contribution in [0.4, 0.5) is 4.39 Å². The first-order valence-electron chi connectivity index (χ1n) is 8.62. The van der Waals surface area contributed by atoms with E-state index < -0.39 is 0 Å². The van der Waals surface area contributed by atoms with Gasteiger partial charge in [-0.3, -0.25) is 4.79 Å². The summed E-state index contributed by atoms with van der Waals surface area (Å²) < 4.78 is 25.3. The van der Waals surface area contributed by atoms with E-state index in [4.69, 9.17) is 9.47 Å². The predicted octanol–water partition coefficient (Wildman–Crippen LogP) is 3.96. The smallest absolute Gasteiger partial charge is 0.254 e. The van der Waals surface area contributed by atoms with E-state index in [1.54, 1.807) is 41.3 Å². The molecule has 1 aliphatic heterocycles. The van der Waals surface area contributed by atoms with Crippen LogP contribution in [0.1, 0.15) is 41.7 Å². The molecule has 0 aromatic heterocycles. The Morgan fingerprint density at radius 3 is 2.56 bits per heavy atom. The summed E-state index contributed by atoms with van der Waals surface area (Å²) >= 11 is 0. The van der Waals surface area contributed by atoms with Crippen LogP contribution in [0.2, 0.25) is 0 Å². The van der Waals surface area contributed by atoms with Crippen molar-refractivity contribution in [1.82, 2.24) is 4.90 Å². The van der Waals surface area contributed by atoms with Gasteiger partial charge in [0.25, 0.3) is 5.91 Å². The number of amides is 1. The van der Waals surface area contributed by atoms with Crippen molar-refractivity contribution in [2.45, 2.75) is 31.8 Å². The van der Waals surface area contributed by atoms with Crippen LogP contribution in [-0.4, -0.2) is 30.1 Å². The monoisotopic (exact) mass is 341 g/mol. The molecule has 25 heavy (non-hydrogen) atoms. The minimum absolute atomic E-state index is 0.102. The van der Waals surface area contributed by atoms with Crippen molar-refractivity contribution in [3.05, 3.63) is 59.4 Å². The molecule has 0 spiro atoms. The summed E-state index contributed by atoms with van der Waals surface area (Å²) in [5.41, 5.74) is 1.08. The number of nitrogens with zero attached hydrogens (tertiary/aromatic N) is 1. The Hall–Kier alpha value is -2.56. The van der Waals surface area contributed by atoms with Crippen LogP contribution in [0.15, 0.2) is 42.5 Å². The standard InChI is InChI=1S/C20H20FNO3/c1-13(16-4-2-3-5-17(16)21)22(15-7-8-15)20(23)14-6-9-18-19(12-14)25-11-10-24-18/h2-6,9,12-13,15H,7-8,10-11H2,1H3. The lowest BCUT2D eigenvalue weighted by molar-refractivity contribution is 0.0670. The topological polar surface area (TPSA) is 38.8 Å². The Balaban J connectivity index is 1.65. The molecule has 1 unspecified atom stereocenters. The van der Waals surface area contributed by atoms with Crippen molar-refractivity contribution in [1.29, 1.82) is 0 Å². The Morgan fingerprint density at radius 1 is 1.12 bits per heavy atom. The minimum atomic E-state index is -0.325. The highest BCUT2D eigenvalue weighted by atomic mass is 19.1. The molecule has 2 aliphatic rings. The highest BCUT2D eigenvalue weighted by Crippen LogP contribution is 2.38. The average molecular weight is 341 g/mol. The van der Waals surface area contributed by atoms with E-state index in [0.29, 0.717) is 35.8 Å². The fourth-order valence-corrected chi connectivity index (χ4v) is 3.30. The zero-order valence-electron chi connectivity index (χ0n) is 14.1. The van der Waals surface area contributed by atoms with Crippen molar-refractivity contribution in [2.75, 3.05) is 13.2 Å². The summed E-state index contributed by atoms with van der Waals surface area (Å²) in [5.74, 6) is 0.861. The Bertz CT molecular complexity index is 803. The van der Waals surface area contributed by atoms with Gasteiger partial charge >= 0.3 is 0 Å². The molecule has 1 saturated carbocycles. The second-order valence-corrected chi connectivity index (χ2v) is 6.50. The SMILES string of the molecule is CC(c1ccccc1F)N(C(=O)c1ccc2c(c1)OCCO2)C1CC1. The lowest BCUT2D eigenvalue weighted by Crippen LogP contribution is -2.36. The number of ether oxygens (including phenoxy) is 2. The lowest BCUT2D eigenvalue weighted by atomic mass is 10.0. The molecule has 4 rings (SSSR count). The first-order valence-corrected chi connectivity index (χ1v) is 8.62. The van der Waals surface area contributed by atoms with Crippen molar-refractivity contribution in [3.63, 3.8) is 0 Å². The molecular weight excluding hydrogens is 321 g/mol. The quantitative estimate of drug-likeness (QED) is 0.845. The highest BCUT2D eigenvalue weighted by Gasteiger charge is 2.37. The van der Waals surface area contributed by atoms with Crippen molar-refractivity contribution in [3.8, 4) is 11.5 Å². The zero-order valence-corrected chi connectivity index (χ0v) is 14.1. The van der Waals surface area contributed by atoms with Gasteiger partial charge in [-0.15, -0.1) is 0 Å². The van der Waals surface area contributed by atoms with E-state index in [0.717, 1.165) is 12.8 Å². The molecule has 0 N–H and O–H groups in total. The molecule has 1 fully saturated rings. The van der Waals surface area contributed by atoms with Crippen LogP contribution in [0.25, 0.3) is 0 Å². The molecule has 0 bridgehead atoms. The summed E-state index contributed by atoms with van der Waals surface area (Å²) in [4.78, 5) is 14.9. The second-order valence-electron chi connectivity index (χ2n) is 6.50. The number of hydrogen-bond donors (Lipinski definition) is 0. The van der Waals surface area contributed by atoms with E-state index in [1.807, 2.05) is 6.92 Å². The zero-order chi connectivity index (χ0) is 17.4. The van der Waals surface area contributed by atoms with Crippen molar-refractivity contribution >= 4 is 5.91 Å². The van der Waals surface area contributed by atoms with Gasteiger partial charge in [0.05, 0.1) is 6.04 Å². The fourth-order valence-electron chi connectivity index (χ4n) is 3.30. The van der Waals surface area contributed by atoms with Gasteiger partial charge in [-0.25, -0.2) is 4.39 Å². The van der Waals surface area contributed by atoms with E-state index in [2.05, 4.69) is 0 Å². The van der Waals surface area contributed by atoms with Crippen molar-refractivity contribution in [2.24, 2.45) is 0 Å². The Labute approximate surface area is 146 Å². The van der Waals surface area contributed by atoms with E-state index >= 15 is 0 Å². The molecule has 0 radical (unpaired) electrons. The normalized spacial score (nSPS) is 17.0. The largest absolute Gasteiger partial charge is 0.486 e. The molecule has 1 heterocycles. The van der Waals surface area contributed by atoms with Crippen LogP contribution < -0.4 is 9.47 Å². The molecular formula is C20H20FNO3. The molecule has 4 nitrogen and oxygen atoms in total. The number of carbonyl (C=O) groups excluding carboxylic acids is 1. The first-order chi connectivity index (χ1) is 12.1. The van der Waals surface area contributed by atoms with Gasteiger partial charge in [0.2, 0.25) is 0 Å². The van der Waals surface area contributed by atoms with Gasteiger partial charge in [0.15, 0.2) is 11.5 Å². The maximum atomic E-state index is 14.2. The molecule has 130 valence electrons. The van der Waals surface area contributed by atoms with Crippen LogP contribution in [0.5, 0.6) is 11.5 Å². The predicted molar refractivity (Wildman–Crippen MR) is 91.4 cm³/mol. The van der Waals surface area contributed by atoms with Gasteiger partial charge in [0, 0.05) is 17.2 Å². The van der Waals surface area contributed by atoms with Gasteiger partial charge in [0.1, 0.15) is 19.0 Å². The van der Waals surface area contributed by atoms with E-state index in [9.17, 15) is 9.18 Å². The summed E-state index contributed by atoms with van der Waals surface area (Å²) in [7, 11) is 0. The summed E-state index contributed by atoms with van der Waals surface area (Å²) in [6, 6.07) is 11.7. The Morgan fingerprint density at radius 2 is 1.84 bits per heavy atom. The molecule has 1 atom stereocenters. The average Bonchev–Trinajstić information content (AvgIpc) is 3.46. The maximum Gasteiger partial charge on any atom is 0.254 e. The summed E-state index contributed by atoms with van der Waals surface area (Å²) in [6.45, 7) is 2.87. The van der Waals surface area contributed by atoms with Gasteiger partial charge in [-0.2, -0.15) is 0 Å². The number of hydrogen-bond acceptors (Lipinski definition) is 3. The van der Waals surface area contributed by atoms with Gasteiger partial charge in [-0.1, -0.05) is 18.2 Å². The third-order valence-electron chi connectivity index (χ3n) is 4.74. The Kier molecular flexibility index (Phi) is 4.07. The number of carbonyl (C=O) groups is 1. The number of fused-ring (bicyclic) bond motifs is 1. The fraction of sp³-hybridized carbons (Fsp3) is 0.350. The highest BCUT2D eigenvalue weighted by molar-refractivity contribution is 5.95. The molecule has 1 amide bonds. The molecule has 0 saturated heterocycles. The summed E-state index contributed by atoms with van der Waals surface area (Å²) in [6.07, 6.45) is 1.91. The third kappa shape index (κ3) is 3.06. The number of rotatable bonds is 4. The first kappa shape index (κ1) is 15.9. The van der Waals surface area contributed by atoms with Crippen LogP contribution in [0, 0.1) is 5.82 Å². The summed E-state index contributed by atoms with van der Waals surface area (Å²) in [5, 5.41) is 0. The molecule has 1 aliphatic carbocycles. The van der Waals surface area contributed by atoms with Crippen LogP contribution in [-0.2, 0) is 0 Å². The minimum Gasteiger partial charge on any atom is -0.486 e. The van der Waals surface area contributed by atoms with Crippen molar-refractivity contribution < 1.29 is 18.7 Å². The second kappa shape index (κ2) is 6.39. The van der Waals surface area contributed by atoms with E-state index in [1.165, 1.54) is 6.07 Å². The maximum absolute atomic E-state index is 14.2. The third-order valence-corrected chi connectivity index (χ3v) is 4.74.